The van der Waals surface area contributed by atoms with Gasteiger partial charge in [0.1, 0.15) is 0 Å². The highest BCUT2D eigenvalue weighted by atomic mass is 14.1. The van der Waals surface area contributed by atoms with Gasteiger partial charge in [-0.05, 0) is 24.0 Å². The van der Waals surface area contributed by atoms with Gasteiger partial charge in [0.05, 0.1) is 0 Å². The molecule has 0 saturated carbocycles. The van der Waals surface area contributed by atoms with Crippen LogP contribution in [0.1, 0.15) is 11.1 Å². The highest BCUT2D eigenvalue weighted by molar-refractivity contribution is 5.34. The Morgan fingerprint density at radius 1 is 1.00 bits per heavy atom. The molecule has 1 aliphatic rings. The second-order valence-corrected chi connectivity index (χ2v) is 2.52. The minimum absolute atomic E-state index is 1.30. The fourth-order valence-electron chi connectivity index (χ4n) is 1.14. The first-order valence-corrected chi connectivity index (χ1v) is 3.74. The molecular formula is C11H12. The number of hydrogen-bond donors (Lipinski definition) is 0. The molecule has 0 atom stereocenters. The van der Waals surface area contributed by atoms with Gasteiger partial charge >= 0.3 is 0 Å². The monoisotopic (exact) mass is 144 g/mol. The smallest absolute Gasteiger partial charge is 0.0235 e. The minimum Gasteiger partial charge on any atom is -0.137 e. The van der Waals surface area contributed by atoms with E-state index in [1.165, 1.54) is 12.8 Å². The van der Waals surface area contributed by atoms with E-state index in [9.17, 15) is 0 Å². The third-order valence-electron chi connectivity index (χ3n) is 1.78. The lowest BCUT2D eigenvalue weighted by atomic mass is 9.89. The summed E-state index contributed by atoms with van der Waals surface area (Å²) in [5.41, 5.74) is 5.35. The van der Waals surface area contributed by atoms with Gasteiger partial charge in [0.15, 0.2) is 0 Å². The molecule has 0 saturated heterocycles. The van der Waals surface area contributed by atoms with Crippen LogP contribution in [0.25, 0.3) is 0 Å². The van der Waals surface area contributed by atoms with Crippen LogP contribution in [0.15, 0.2) is 43.2 Å². The summed E-state index contributed by atoms with van der Waals surface area (Å²) in [6.07, 6.45) is 2.60. The lowest BCUT2D eigenvalue weighted by Crippen LogP contribution is -2.06. The van der Waals surface area contributed by atoms with Gasteiger partial charge in [0.25, 0.3) is 0 Å². The van der Waals surface area contributed by atoms with E-state index in [0.717, 1.165) is 0 Å². The second-order valence-electron chi connectivity index (χ2n) is 2.52. The molecule has 1 aromatic rings. The molecule has 56 valence electrons. The summed E-state index contributed by atoms with van der Waals surface area (Å²) in [7, 11) is 0. The van der Waals surface area contributed by atoms with Crippen LogP contribution < -0.4 is 0 Å². The van der Waals surface area contributed by atoms with Gasteiger partial charge in [-0.15, -0.1) is 5.73 Å². The third kappa shape index (κ3) is 1.83. The number of fused-ring (bicyclic) bond motifs is 1. The highest BCUT2D eigenvalue weighted by Crippen LogP contribution is 2.20. The fourth-order valence-corrected chi connectivity index (χ4v) is 1.14. The van der Waals surface area contributed by atoms with Crippen molar-refractivity contribution in [2.24, 2.45) is 0 Å². The van der Waals surface area contributed by atoms with Crippen molar-refractivity contribution in [3.05, 3.63) is 54.3 Å². The molecule has 0 N–H and O–H groups in total. The van der Waals surface area contributed by atoms with Crippen LogP contribution in [0.5, 0.6) is 0 Å². The topological polar surface area (TPSA) is 0 Å². The lowest BCUT2D eigenvalue weighted by molar-refractivity contribution is 0.839. The Bertz CT molecular complexity index is 242. The lowest BCUT2D eigenvalue weighted by Gasteiger charge is -2.16. The van der Waals surface area contributed by atoms with E-state index in [4.69, 9.17) is 0 Å². The first kappa shape index (κ1) is 7.84. The number of rotatable bonds is 0. The average Bonchev–Trinajstić information content (AvgIpc) is 1.94. The molecule has 0 fully saturated rings. The quantitative estimate of drug-likeness (QED) is 0.491. The molecule has 0 aliphatic heterocycles. The second kappa shape index (κ2) is 3.80. The summed E-state index contributed by atoms with van der Waals surface area (Å²) >= 11 is 0. The average molecular weight is 144 g/mol. The molecule has 0 heteroatoms. The largest absolute Gasteiger partial charge is 0.137 e. The van der Waals surface area contributed by atoms with Gasteiger partial charge in [-0.3, -0.25) is 0 Å². The van der Waals surface area contributed by atoms with Crippen LogP contribution in [0, 0.1) is 0 Å². The number of aryl methyl sites for hydroxylation is 2. The zero-order valence-corrected chi connectivity index (χ0v) is 6.64. The Morgan fingerprint density at radius 2 is 1.36 bits per heavy atom. The molecule has 0 bridgehead atoms. The van der Waals surface area contributed by atoms with Crippen LogP contribution >= 0.6 is 0 Å². The SMILES string of the molecule is C=C=C.c1ccc2c(c1)CC2. The molecule has 0 radical (unpaired) electrons. The minimum atomic E-state index is 1.30. The third-order valence-corrected chi connectivity index (χ3v) is 1.78. The van der Waals surface area contributed by atoms with Gasteiger partial charge in [-0.1, -0.05) is 37.4 Å². The molecule has 2 rings (SSSR count). The molecule has 0 nitrogen and oxygen atoms in total. The van der Waals surface area contributed by atoms with Crippen molar-refractivity contribution < 1.29 is 0 Å². The maximum atomic E-state index is 3.12. The van der Waals surface area contributed by atoms with Crippen LogP contribution in [-0.4, -0.2) is 0 Å². The van der Waals surface area contributed by atoms with Gasteiger partial charge < -0.3 is 0 Å². The van der Waals surface area contributed by atoms with E-state index in [1.54, 1.807) is 11.1 Å². The van der Waals surface area contributed by atoms with E-state index >= 15 is 0 Å². The van der Waals surface area contributed by atoms with Gasteiger partial charge in [0, 0.05) is 0 Å². The molecular weight excluding hydrogens is 132 g/mol. The van der Waals surface area contributed by atoms with E-state index in [2.05, 4.69) is 43.2 Å². The van der Waals surface area contributed by atoms with Crippen LogP contribution in [0.2, 0.25) is 0 Å². The maximum absolute atomic E-state index is 3.12. The summed E-state index contributed by atoms with van der Waals surface area (Å²) in [5, 5.41) is 0. The van der Waals surface area contributed by atoms with Crippen molar-refractivity contribution in [3.63, 3.8) is 0 Å². The summed E-state index contributed by atoms with van der Waals surface area (Å²) in [4.78, 5) is 0. The van der Waals surface area contributed by atoms with E-state index < -0.39 is 0 Å². The summed E-state index contributed by atoms with van der Waals surface area (Å²) in [5.74, 6) is 0. The van der Waals surface area contributed by atoms with Crippen LogP contribution in [-0.2, 0) is 12.8 Å². The standard InChI is InChI=1S/C8H8.C3H4/c1-2-4-8-6-5-7(8)3-1;1-3-2/h1-4H,5-6H2;1-2H2. The highest BCUT2D eigenvalue weighted by Gasteiger charge is 2.09. The van der Waals surface area contributed by atoms with Crippen molar-refractivity contribution >= 4 is 0 Å². The van der Waals surface area contributed by atoms with Crippen LogP contribution in [0.3, 0.4) is 0 Å². The van der Waals surface area contributed by atoms with Crippen molar-refractivity contribution in [2.75, 3.05) is 0 Å². The Labute approximate surface area is 67.9 Å². The molecule has 0 aromatic heterocycles. The first-order valence-electron chi connectivity index (χ1n) is 3.74. The Hall–Kier alpha value is -1.26. The zero-order valence-electron chi connectivity index (χ0n) is 6.64. The van der Waals surface area contributed by atoms with Crippen molar-refractivity contribution in [1.82, 2.24) is 0 Å². The zero-order chi connectivity index (χ0) is 8.10. The molecule has 0 unspecified atom stereocenters. The predicted molar refractivity (Wildman–Crippen MR) is 48.6 cm³/mol. The van der Waals surface area contributed by atoms with Crippen LogP contribution in [0.4, 0.5) is 0 Å². The predicted octanol–water partition coefficient (Wildman–Crippen LogP) is 2.74. The molecule has 0 amide bonds. The van der Waals surface area contributed by atoms with E-state index in [1.807, 2.05) is 0 Å². The van der Waals surface area contributed by atoms with Crippen molar-refractivity contribution in [2.45, 2.75) is 12.8 Å². The van der Waals surface area contributed by atoms with Gasteiger partial charge in [0.2, 0.25) is 0 Å². The van der Waals surface area contributed by atoms with Crippen molar-refractivity contribution in [3.8, 4) is 0 Å². The Balaban J connectivity index is 0.000000179. The first-order chi connectivity index (χ1) is 5.38. The van der Waals surface area contributed by atoms with E-state index in [0.29, 0.717) is 0 Å². The molecule has 1 aromatic carbocycles. The molecule has 1 aliphatic carbocycles. The fraction of sp³-hybridized carbons (Fsp3) is 0.182. The number of benzene rings is 1. The van der Waals surface area contributed by atoms with Gasteiger partial charge in [-0.25, -0.2) is 0 Å². The van der Waals surface area contributed by atoms with Gasteiger partial charge in [-0.2, -0.15) is 0 Å². The van der Waals surface area contributed by atoms with E-state index in [-0.39, 0.29) is 0 Å². The molecule has 0 spiro atoms. The van der Waals surface area contributed by atoms with Crippen molar-refractivity contribution in [1.29, 1.82) is 0 Å². The molecule has 11 heavy (non-hydrogen) atoms. The maximum Gasteiger partial charge on any atom is -0.0235 e. The Kier molecular flexibility index (Phi) is 2.71. The molecule has 0 heterocycles. The normalized spacial score (nSPS) is 11.3. The number of hydrogen-bond acceptors (Lipinski definition) is 0. The summed E-state index contributed by atoms with van der Waals surface area (Å²) < 4.78 is 0. The summed E-state index contributed by atoms with van der Waals surface area (Å²) in [6.45, 7) is 6.25. The Morgan fingerprint density at radius 3 is 1.55 bits per heavy atom. The summed E-state index contributed by atoms with van der Waals surface area (Å²) in [6, 6.07) is 8.63.